The summed E-state index contributed by atoms with van der Waals surface area (Å²) in [6, 6.07) is -8.38. The minimum absolute atomic E-state index is 0.0367. The van der Waals surface area contributed by atoms with Crippen molar-refractivity contribution in [3.05, 3.63) is 29.8 Å². The van der Waals surface area contributed by atoms with Crippen LogP contribution in [0.1, 0.15) is 85.1 Å². The van der Waals surface area contributed by atoms with Gasteiger partial charge in [-0.1, -0.05) is 39.8 Å². The third-order valence-electron chi connectivity index (χ3n) is 11.8. The summed E-state index contributed by atoms with van der Waals surface area (Å²) >= 11 is 2.07. The van der Waals surface area contributed by atoms with Crippen LogP contribution in [-0.2, 0) is 73.5 Å². The van der Waals surface area contributed by atoms with Gasteiger partial charge < -0.3 is 80.0 Å². The number of primary amides is 2. The van der Waals surface area contributed by atoms with Crippen molar-refractivity contribution >= 4 is 106 Å². The topological polar surface area (TPSA) is 472 Å². The number of aliphatic carboxylic acids is 2. The summed E-state index contributed by atoms with van der Waals surface area (Å²) in [5.41, 5.74) is 11.4. The van der Waals surface area contributed by atoms with Crippen LogP contribution in [0.5, 0.6) is 5.75 Å². The van der Waals surface area contributed by atoms with E-state index in [1.807, 2.05) is 0 Å². The number of phenols is 1. The van der Waals surface area contributed by atoms with Crippen LogP contribution in [0, 0.1) is 11.8 Å². The van der Waals surface area contributed by atoms with Gasteiger partial charge in [-0.05, 0) is 74.1 Å². The van der Waals surface area contributed by atoms with Crippen molar-refractivity contribution < 1.29 is 82.4 Å². The highest BCUT2D eigenvalue weighted by Gasteiger charge is 2.36. The molecule has 1 aromatic carbocycles. The average molecular weight is 1170 g/mol. The van der Waals surface area contributed by atoms with Gasteiger partial charge in [-0.15, -0.1) is 11.8 Å². The molecule has 1 saturated heterocycles. The molecule has 0 spiro atoms. The molecular weight excluding hydrogens is 1090 g/mol. The van der Waals surface area contributed by atoms with E-state index in [1.54, 1.807) is 20.1 Å². The van der Waals surface area contributed by atoms with Crippen LogP contribution in [0.3, 0.4) is 0 Å². The van der Waals surface area contributed by atoms with Crippen LogP contribution < -0.4 is 64.6 Å². The number of amides is 12. The van der Waals surface area contributed by atoms with Crippen LogP contribution >= 0.6 is 23.5 Å². The molecule has 1 aliphatic rings. The number of nitrogens with one attached hydrogen (secondary N) is 10. The Morgan fingerprint density at radius 2 is 1.10 bits per heavy atom. The number of rotatable bonds is 17. The minimum Gasteiger partial charge on any atom is -0.508 e. The van der Waals surface area contributed by atoms with Gasteiger partial charge in [0.25, 0.3) is 0 Å². The first-order chi connectivity index (χ1) is 37.5. The van der Waals surface area contributed by atoms with Crippen molar-refractivity contribution in [2.24, 2.45) is 23.3 Å². The fourth-order valence-corrected chi connectivity index (χ4v) is 8.89. The first-order valence-electron chi connectivity index (χ1n) is 25.4. The molecule has 12 amide bonds. The normalized spacial score (nSPS) is 24.5. The molecule has 80 heavy (non-hydrogen) atoms. The van der Waals surface area contributed by atoms with Gasteiger partial charge >= 0.3 is 11.9 Å². The molecule has 31 heteroatoms. The highest BCUT2D eigenvalue weighted by atomic mass is 32.2. The molecule has 444 valence electrons. The second-order valence-corrected chi connectivity index (χ2v) is 21.5. The molecule has 0 aromatic heterocycles. The van der Waals surface area contributed by atoms with Crippen molar-refractivity contribution in [1.29, 1.82) is 0 Å². The molecule has 1 heterocycles. The van der Waals surface area contributed by atoms with E-state index in [0.717, 1.165) is 11.8 Å². The number of carboxylic acids is 2. The van der Waals surface area contributed by atoms with Gasteiger partial charge in [-0.25, -0.2) is 0 Å². The number of phenolic OH excluding ortho intramolecular Hbond substituents is 1. The quantitative estimate of drug-likeness (QED) is 0.0702. The molecule has 0 bridgehead atoms. The van der Waals surface area contributed by atoms with Crippen molar-refractivity contribution in [2.45, 2.75) is 140 Å². The van der Waals surface area contributed by atoms with E-state index in [9.17, 15) is 82.4 Å². The maximum atomic E-state index is 14.3. The summed E-state index contributed by atoms with van der Waals surface area (Å²) in [5, 5.41) is 53.1. The number of thioether (sulfide) groups is 2. The van der Waals surface area contributed by atoms with Crippen LogP contribution in [0.2, 0.25) is 0 Å². The van der Waals surface area contributed by atoms with Gasteiger partial charge in [0, 0.05) is 25.0 Å². The highest BCUT2D eigenvalue weighted by Crippen LogP contribution is 2.15. The Kier molecular flexibility index (Phi) is 29.4. The zero-order valence-electron chi connectivity index (χ0n) is 45.2. The maximum absolute atomic E-state index is 14.3. The third-order valence-corrected chi connectivity index (χ3v) is 13.5. The van der Waals surface area contributed by atoms with E-state index in [1.165, 1.54) is 56.8 Å². The summed E-state index contributed by atoms with van der Waals surface area (Å²) in [4.78, 5) is 185. The zero-order chi connectivity index (χ0) is 60.4. The van der Waals surface area contributed by atoms with Crippen molar-refractivity contribution in [3.8, 4) is 5.75 Å². The molecule has 1 aromatic rings. The summed E-state index contributed by atoms with van der Waals surface area (Å²) in [7, 11) is 0. The predicted octanol–water partition coefficient (Wildman–Crippen LogP) is -4.27. The summed E-state index contributed by atoms with van der Waals surface area (Å²) in [5.74, 6) is -16.5. The van der Waals surface area contributed by atoms with Gasteiger partial charge in [0.2, 0.25) is 70.9 Å². The van der Waals surface area contributed by atoms with E-state index >= 15 is 0 Å². The molecule has 17 N–H and O–H groups in total. The van der Waals surface area contributed by atoms with Gasteiger partial charge in [0.05, 0.1) is 18.7 Å². The van der Waals surface area contributed by atoms with Gasteiger partial charge in [0.1, 0.15) is 60.1 Å². The molecule has 1 fully saturated rings. The number of benzene rings is 1. The second kappa shape index (κ2) is 34.3. The van der Waals surface area contributed by atoms with Crippen LogP contribution in [0.4, 0.5) is 0 Å². The number of aromatic hydroxyl groups is 1. The fourth-order valence-electron chi connectivity index (χ4n) is 7.55. The largest absolute Gasteiger partial charge is 0.508 e. The van der Waals surface area contributed by atoms with Gasteiger partial charge in [-0.2, -0.15) is 11.8 Å². The van der Waals surface area contributed by atoms with Crippen molar-refractivity contribution in [3.63, 3.8) is 0 Å². The lowest BCUT2D eigenvalue weighted by atomic mass is 10.0. The summed E-state index contributed by atoms with van der Waals surface area (Å²) in [6.45, 7) is 6.84. The third kappa shape index (κ3) is 25.4. The van der Waals surface area contributed by atoms with Crippen LogP contribution in [0.25, 0.3) is 0 Å². The molecule has 9 atom stereocenters. The lowest BCUT2D eigenvalue weighted by Crippen LogP contribution is -2.60. The van der Waals surface area contributed by atoms with Gasteiger partial charge in [-0.3, -0.25) is 67.1 Å². The molecule has 2 rings (SSSR count). The Balaban J connectivity index is 2.71. The number of hydrogen-bond donors (Lipinski definition) is 15. The Bertz CT molecular complexity index is 2410. The minimum atomic E-state index is -1.81. The highest BCUT2D eigenvalue weighted by molar-refractivity contribution is 8.00. The average Bonchev–Trinajstić information content (AvgIpc) is 3.36. The Morgan fingerprint density at radius 1 is 0.613 bits per heavy atom. The number of hydrogen-bond acceptors (Lipinski definition) is 17. The van der Waals surface area contributed by atoms with E-state index in [0.29, 0.717) is 5.56 Å². The standard InChI is InChI=1S/C49H74N12O17S2/c1-23(2)17-31-46(75)60-34(41(51)70)21-80-22-37(65)53-25(5)42(71)55-28(11-13-38(66)67)43(72)59-33(19-35(50)63)48(77)61-40(24(3)4)49(78)52-20-36(64)54-30(15-16-79-6)45(74)58-32(18-26-7-9-27(62)10-8-26)47(76)56-29(44(73)57-31)12-14-39(68)69/h7-10,23-25,28-34,40,62H,11-22H2,1-6H3,(H2,50,63)(H2,51,70)(H,52,78)(H,53,65)(H,54,64)(H,55,71)(H,56,76)(H,57,73)(H,58,74)(H,59,72)(H,60,75)(H,61,77)(H,66,67)(H,68,69)/t25-,28-,29-,30-,31-,32-,33-,34-,40-/m0/s1. The Hall–Kier alpha value is -7.70. The molecule has 0 aliphatic carbocycles. The molecule has 0 unspecified atom stereocenters. The fraction of sp³-hybridized carbons (Fsp3) is 0.592. The Morgan fingerprint density at radius 3 is 1.61 bits per heavy atom. The first-order valence-corrected chi connectivity index (χ1v) is 27.9. The Labute approximate surface area is 469 Å². The predicted molar refractivity (Wildman–Crippen MR) is 289 cm³/mol. The van der Waals surface area contributed by atoms with E-state index in [2.05, 4.69) is 53.2 Å². The first kappa shape index (κ1) is 68.4. The number of carbonyl (C=O) groups excluding carboxylic acids is 12. The van der Waals surface area contributed by atoms with E-state index in [-0.39, 0.29) is 42.4 Å². The molecule has 29 nitrogen and oxygen atoms in total. The summed E-state index contributed by atoms with van der Waals surface area (Å²) in [6.07, 6.45) is -1.99. The second-order valence-electron chi connectivity index (χ2n) is 19.5. The lowest BCUT2D eigenvalue weighted by Gasteiger charge is -2.27. The van der Waals surface area contributed by atoms with E-state index < -0.39 is 188 Å². The molecular formula is C49H74N12O17S2. The maximum Gasteiger partial charge on any atom is 0.303 e. The molecule has 1 aliphatic heterocycles. The van der Waals surface area contributed by atoms with Gasteiger partial charge in [0.15, 0.2) is 0 Å². The number of carbonyl (C=O) groups is 14. The zero-order valence-corrected chi connectivity index (χ0v) is 46.8. The van der Waals surface area contributed by atoms with Crippen LogP contribution in [-0.4, -0.2) is 183 Å². The van der Waals surface area contributed by atoms with Crippen LogP contribution in [0.15, 0.2) is 24.3 Å². The summed E-state index contributed by atoms with van der Waals surface area (Å²) < 4.78 is 0. The lowest BCUT2D eigenvalue weighted by molar-refractivity contribution is -0.139. The smallest absolute Gasteiger partial charge is 0.303 e. The number of carboxylic acid groups (broad SMARTS) is 2. The SMILES string of the molecule is CSCC[C@@H]1NC(=O)CNC(=O)[C@H](C(C)C)NC(=O)[C@H](CC(N)=O)NC(=O)[C@H](CCC(=O)O)NC(=O)[C@H](C)NC(=O)CSC[C@@H](C(N)=O)NC(=O)[C@H](CC(C)C)NC(=O)[C@H](CCC(=O)O)NC(=O)[C@H](Cc2ccc(O)cc2)NC1=O. The monoisotopic (exact) mass is 1170 g/mol. The van der Waals surface area contributed by atoms with Crippen molar-refractivity contribution in [1.82, 2.24) is 53.2 Å². The van der Waals surface area contributed by atoms with E-state index in [4.69, 9.17) is 11.5 Å². The number of nitrogens with two attached hydrogens (primary N) is 2. The van der Waals surface area contributed by atoms with Crippen molar-refractivity contribution in [2.75, 3.05) is 30.1 Å². The molecule has 0 radical (unpaired) electrons. The molecule has 0 saturated carbocycles.